The summed E-state index contributed by atoms with van der Waals surface area (Å²) >= 11 is 0. The molecule has 98 valence electrons. The molecule has 1 aromatic carbocycles. The molecule has 0 bridgehead atoms. The number of nitrogens with zero attached hydrogens (tertiary/aromatic N) is 1. The van der Waals surface area contributed by atoms with Gasteiger partial charge in [0.05, 0.1) is 6.61 Å². The summed E-state index contributed by atoms with van der Waals surface area (Å²) in [5, 5.41) is 1.35. The van der Waals surface area contributed by atoms with Gasteiger partial charge in [-0.1, -0.05) is 25.1 Å². The first kappa shape index (κ1) is 13.1. The van der Waals surface area contributed by atoms with Gasteiger partial charge in [0.25, 0.3) is 0 Å². The molecule has 1 heterocycles. The maximum Gasteiger partial charge on any atom is 0.0588 e. The highest BCUT2D eigenvalue weighted by Crippen LogP contribution is 2.28. The second-order valence-electron chi connectivity index (χ2n) is 4.80. The van der Waals surface area contributed by atoms with Crippen molar-refractivity contribution in [3.8, 4) is 0 Å². The van der Waals surface area contributed by atoms with Gasteiger partial charge in [0.1, 0.15) is 0 Å². The lowest BCUT2D eigenvalue weighted by molar-refractivity contribution is 0.135. The summed E-state index contributed by atoms with van der Waals surface area (Å²) in [5.41, 5.74) is 8.11. The Labute approximate surface area is 109 Å². The van der Waals surface area contributed by atoms with Crippen LogP contribution in [-0.2, 0) is 11.8 Å². The zero-order chi connectivity index (χ0) is 13.0. The lowest BCUT2D eigenvalue weighted by Crippen LogP contribution is -2.10. The van der Waals surface area contributed by atoms with Gasteiger partial charge in [-0.15, -0.1) is 0 Å². The van der Waals surface area contributed by atoms with Crippen molar-refractivity contribution in [1.82, 2.24) is 4.57 Å². The zero-order valence-corrected chi connectivity index (χ0v) is 11.2. The van der Waals surface area contributed by atoms with Crippen molar-refractivity contribution in [3.63, 3.8) is 0 Å². The van der Waals surface area contributed by atoms with Crippen LogP contribution in [0, 0.1) is 0 Å². The van der Waals surface area contributed by atoms with Gasteiger partial charge in [-0.3, -0.25) is 0 Å². The number of para-hydroxylation sites is 1. The molecular formula is C15H22N2O. The van der Waals surface area contributed by atoms with E-state index in [1.165, 1.54) is 16.5 Å². The Balaban J connectivity index is 2.10. The fourth-order valence-corrected chi connectivity index (χ4v) is 2.37. The topological polar surface area (TPSA) is 40.2 Å². The number of hydrogen-bond acceptors (Lipinski definition) is 2. The molecular weight excluding hydrogens is 224 g/mol. The minimum Gasteiger partial charge on any atom is -0.380 e. The van der Waals surface area contributed by atoms with Crippen LogP contribution in [0.15, 0.2) is 30.5 Å². The smallest absolute Gasteiger partial charge is 0.0588 e. The summed E-state index contributed by atoms with van der Waals surface area (Å²) < 4.78 is 7.66. The van der Waals surface area contributed by atoms with Crippen LogP contribution < -0.4 is 5.73 Å². The highest BCUT2D eigenvalue weighted by atomic mass is 16.5. The van der Waals surface area contributed by atoms with E-state index in [2.05, 4.69) is 49.0 Å². The van der Waals surface area contributed by atoms with Gasteiger partial charge in [0, 0.05) is 37.3 Å². The fourth-order valence-electron chi connectivity index (χ4n) is 2.37. The fraction of sp³-hybridized carbons (Fsp3) is 0.467. The van der Waals surface area contributed by atoms with Crippen molar-refractivity contribution in [2.45, 2.75) is 19.3 Å². The summed E-state index contributed by atoms with van der Waals surface area (Å²) in [6, 6.07) is 8.54. The van der Waals surface area contributed by atoms with Crippen molar-refractivity contribution in [1.29, 1.82) is 0 Å². The molecule has 2 rings (SSSR count). The molecule has 0 spiro atoms. The van der Waals surface area contributed by atoms with Crippen molar-refractivity contribution < 1.29 is 4.74 Å². The van der Waals surface area contributed by atoms with Crippen LogP contribution in [0.2, 0.25) is 0 Å². The van der Waals surface area contributed by atoms with Gasteiger partial charge in [-0.2, -0.15) is 0 Å². The van der Waals surface area contributed by atoms with E-state index < -0.39 is 0 Å². The number of hydrogen-bond donors (Lipinski definition) is 1. The third-order valence-corrected chi connectivity index (χ3v) is 3.42. The van der Waals surface area contributed by atoms with Gasteiger partial charge in [0.15, 0.2) is 0 Å². The lowest BCUT2D eigenvalue weighted by Gasteiger charge is -2.10. The number of aryl methyl sites for hydroxylation is 1. The van der Waals surface area contributed by atoms with Crippen molar-refractivity contribution >= 4 is 10.9 Å². The average Bonchev–Trinajstić information content (AvgIpc) is 2.73. The van der Waals surface area contributed by atoms with Crippen molar-refractivity contribution in [3.05, 3.63) is 36.0 Å². The molecule has 2 aromatic rings. The van der Waals surface area contributed by atoms with Gasteiger partial charge >= 0.3 is 0 Å². The van der Waals surface area contributed by atoms with Crippen LogP contribution >= 0.6 is 0 Å². The molecule has 0 saturated heterocycles. The summed E-state index contributed by atoms with van der Waals surface area (Å²) in [4.78, 5) is 0. The van der Waals surface area contributed by atoms with E-state index in [9.17, 15) is 0 Å². The SMILES string of the molecule is CC(CCOCCN)c1cn(C)c2ccccc12. The average molecular weight is 246 g/mol. The molecule has 0 saturated carbocycles. The molecule has 3 nitrogen and oxygen atoms in total. The summed E-state index contributed by atoms with van der Waals surface area (Å²) in [6.07, 6.45) is 3.27. The van der Waals surface area contributed by atoms with Gasteiger partial charge in [-0.25, -0.2) is 0 Å². The normalized spacial score (nSPS) is 13.1. The standard InChI is InChI=1S/C15H22N2O/c1-12(7-9-18-10-8-16)14-11-17(2)15-6-4-3-5-13(14)15/h3-6,11-12H,7-10,16H2,1-2H3. The minimum absolute atomic E-state index is 0.508. The van der Waals surface area contributed by atoms with E-state index in [1.807, 2.05) is 0 Å². The molecule has 2 N–H and O–H groups in total. The maximum atomic E-state index is 5.46. The number of nitrogens with two attached hydrogens (primary N) is 1. The maximum absolute atomic E-state index is 5.46. The first-order valence-corrected chi connectivity index (χ1v) is 6.55. The second kappa shape index (κ2) is 6.03. The quantitative estimate of drug-likeness (QED) is 0.796. The van der Waals surface area contributed by atoms with Gasteiger partial charge in [-0.05, 0) is 24.0 Å². The lowest BCUT2D eigenvalue weighted by atomic mass is 9.98. The Morgan fingerprint density at radius 1 is 1.28 bits per heavy atom. The van der Waals surface area contributed by atoms with Gasteiger partial charge in [0.2, 0.25) is 0 Å². The number of rotatable bonds is 6. The van der Waals surface area contributed by atoms with Crippen LogP contribution in [0.4, 0.5) is 0 Å². The molecule has 0 fully saturated rings. The van der Waals surface area contributed by atoms with Crippen molar-refractivity contribution in [2.24, 2.45) is 12.8 Å². The first-order valence-electron chi connectivity index (χ1n) is 6.55. The zero-order valence-electron chi connectivity index (χ0n) is 11.2. The molecule has 0 aliphatic rings. The van der Waals surface area contributed by atoms with Crippen LogP contribution in [-0.4, -0.2) is 24.3 Å². The number of aromatic nitrogens is 1. The Morgan fingerprint density at radius 3 is 2.83 bits per heavy atom. The molecule has 3 heteroatoms. The first-order chi connectivity index (χ1) is 8.74. The number of ether oxygens (including phenoxy) is 1. The van der Waals surface area contributed by atoms with Crippen LogP contribution in [0.5, 0.6) is 0 Å². The van der Waals surface area contributed by atoms with E-state index in [4.69, 9.17) is 10.5 Å². The summed E-state index contributed by atoms with van der Waals surface area (Å²) in [6.45, 7) is 4.29. The van der Waals surface area contributed by atoms with Crippen LogP contribution in [0.25, 0.3) is 10.9 Å². The molecule has 1 aromatic heterocycles. The van der Waals surface area contributed by atoms with E-state index in [0.29, 0.717) is 19.1 Å². The van der Waals surface area contributed by atoms with E-state index in [1.54, 1.807) is 0 Å². The Morgan fingerprint density at radius 2 is 2.06 bits per heavy atom. The second-order valence-corrected chi connectivity index (χ2v) is 4.80. The molecule has 0 amide bonds. The minimum atomic E-state index is 0.508. The van der Waals surface area contributed by atoms with Crippen LogP contribution in [0.3, 0.4) is 0 Å². The van der Waals surface area contributed by atoms with Crippen LogP contribution in [0.1, 0.15) is 24.8 Å². The molecule has 1 atom stereocenters. The summed E-state index contributed by atoms with van der Waals surface area (Å²) in [5.74, 6) is 0.508. The third-order valence-electron chi connectivity index (χ3n) is 3.42. The monoisotopic (exact) mass is 246 g/mol. The van der Waals surface area contributed by atoms with Crippen molar-refractivity contribution in [2.75, 3.05) is 19.8 Å². The third kappa shape index (κ3) is 2.74. The molecule has 0 radical (unpaired) electrons. The Bertz CT molecular complexity index is 504. The molecule has 0 aliphatic carbocycles. The predicted octanol–water partition coefficient (Wildman–Crippen LogP) is 2.65. The Kier molecular flexibility index (Phi) is 4.39. The summed E-state index contributed by atoms with van der Waals surface area (Å²) in [7, 11) is 2.10. The van der Waals surface area contributed by atoms with Gasteiger partial charge < -0.3 is 15.0 Å². The highest BCUT2D eigenvalue weighted by Gasteiger charge is 2.12. The highest BCUT2D eigenvalue weighted by molar-refractivity contribution is 5.84. The number of fused-ring (bicyclic) bond motifs is 1. The largest absolute Gasteiger partial charge is 0.380 e. The van der Waals surface area contributed by atoms with E-state index in [0.717, 1.165) is 13.0 Å². The van der Waals surface area contributed by atoms with E-state index >= 15 is 0 Å². The molecule has 18 heavy (non-hydrogen) atoms. The molecule has 0 aliphatic heterocycles. The Hall–Kier alpha value is -1.32. The number of benzene rings is 1. The molecule has 1 unspecified atom stereocenters. The predicted molar refractivity (Wildman–Crippen MR) is 75.8 cm³/mol. The van der Waals surface area contributed by atoms with E-state index in [-0.39, 0.29) is 0 Å².